The summed E-state index contributed by atoms with van der Waals surface area (Å²) in [4.78, 5) is 14.1. The monoisotopic (exact) mass is 531 g/mol. The highest BCUT2D eigenvalue weighted by atomic mass is 127. The SMILES string of the molecule is O=C1c2c(I)cc(OCC(F)(F)F)cc2CN1Cc1ccc(OC(F)(F)F)cc1. The van der Waals surface area contributed by atoms with E-state index in [0.717, 1.165) is 12.1 Å². The summed E-state index contributed by atoms with van der Waals surface area (Å²) < 4.78 is 82.7. The molecule has 0 saturated heterocycles. The first kappa shape index (κ1) is 21.5. The van der Waals surface area contributed by atoms with Crippen molar-refractivity contribution in [2.24, 2.45) is 0 Å². The van der Waals surface area contributed by atoms with Gasteiger partial charge in [-0.2, -0.15) is 13.2 Å². The number of ether oxygens (including phenoxy) is 2. The standard InChI is InChI=1S/C18H12F6INO3/c19-17(20,21)9-28-13-5-11-8-26(16(27)15(11)14(25)6-13)7-10-1-3-12(4-2-10)29-18(22,23)24/h1-6H,7-9H2. The van der Waals surface area contributed by atoms with Crippen molar-refractivity contribution in [2.45, 2.75) is 25.6 Å². The van der Waals surface area contributed by atoms with Gasteiger partial charge in [-0.05, 0) is 58.0 Å². The lowest BCUT2D eigenvalue weighted by Crippen LogP contribution is -2.23. The summed E-state index contributed by atoms with van der Waals surface area (Å²) in [5.74, 6) is -0.686. The van der Waals surface area contributed by atoms with Gasteiger partial charge in [0, 0.05) is 16.7 Å². The van der Waals surface area contributed by atoms with Crippen molar-refractivity contribution < 1.29 is 40.6 Å². The van der Waals surface area contributed by atoms with Crippen LogP contribution in [0, 0.1) is 3.57 Å². The summed E-state index contributed by atoms with van der Waals surface area (Å²) in [5, 5.41) is 0. The van der Waals surface area contributed by atoms with Gasteiger partial charge in [-0.15, -0.1) is 13.2 Å². The molecule has 0 aromatic heterocycles. The Morgan fingerprint density at radius 1 is 1.00 bits per heavy atom. The average molecular weight is 531 g/mol. The number of carbonyl (C=O) groups is 1. The van der Waals surface area contributed by atoms with Gasteiger partial charge in [-0.3, -0.25) is 4.79 Å². The van der Waals surface area contributed by atoms with Gasteiger partial charge < -0.3 is 14.4 Å². The second-order valence-corrected chi connectivity index (χ2v) is 7.36. The van der Waals surface area contributed by atoms with Crippen LogP contribution in [-0.2, 0) is 13.1 Å². The van der Waals surface area contributed by atoms with E-state index in [1.54, 1.807) is 0 Å². The van der Waals surface area contributed by atoms with Gasteiger partial charge in [0.05, 0.1) is 5.56 Å². The normalized spacial score (nSPS) is 14.2. The lowest BCUT2D eigenvalue weighted by molar-refractivity contribution is -0.274. The van der Waals surface area contributed by atoms with Crippen molar-refractivity contribution in [1.82, 2.24) is 4.90 Å². The van der Waals surface area contributed by atoms with E-state index in [0.29, 0.717) is 20.3 Å². The van der Waals surface area contributed by atoms with Crippen LogP contribution in [0.2, 0.25) is 0 Å². The molecule has 4 nitrogen and oxygen atoms in total. The van der Waals surface area contributed by atoms with E-state index in [9.17, 15) is 31.1 Å². The van der Waals surface area contributed by atoms with E-state index < -0.39 is 19.1 Å². The zero-order chi connectivity index (χ0) is 21.4. The van der Waals surface area contributed by atoms with E-state index in [1.807, 2.05) is 22.6 Å². The third-order valence-electron chi connectivity index (χ3n) is 3.94. The predicted octanol–water partition coefficient (Wildman–Crippen LogP) is 5.29. The first-order valence-electron chi connectivity index (χ1n) is 8.07. The van der Waals surface area contributed by atoms with Crippen LogP contribution in [0.3, 0.4) is 0 Å². The number of alkyl halides is 6. The van der Waals surface area contributed by atoms with Crippen LogP contribution >= 0.6 is 22.6 Å². The molecule has 11 heteroatoms. The highest BCUT2D eigenvalue weighted by Crippen LogP contribution is 2.33. The van der Waals surface area contributed by atoms with Crippen molar-refractivity contribution in [3.8, 4) is 11.5 Å². The zero-order valence-corrected chi connectivity index (χ0v) is 16.6. The van der Waals surface area contributed by atoms with Crippen LogP contribution in [0.5, 0.6) is 11.5 Å². The van der Waals surface area contributed by atoms with Crippen molar-refractivity contribution in [2.75, 3.05) is 6.61 Å². The number of fused-ring (bicyclic) bond motifs is 1. The highest BCUT2D eigenvalue weighted by Gasteiger charge is 2.33. The summed E-state index contributed by atoms with van der Waals surface area (Å²) in [6.45, 7) is -1.17. The third kappa shape index (κ3) is 5.67. The van der Waals surface area contributed by atoms with Gasteiger partial charge in [0.25, 0.3) is 5.91 Å². The van der Waals surface area contributed by atoms with Crippen LogP contribution in [-0.4, -0.2) is 30.0 Å². The summed E-state index contributed by atoms with van der Waals surface area (Å²) in [7, 11) is 0. The van der Waals surface area contributed by atoms with Gasteiger partial charge >= 0.3 is 12.5 Å². The van der Waals surface area contributed by atoms with Crippen molar-refractivity contribution >= 4 is 28.5 Å². The molecule has 1 aliphatic heterocycles. The number of halogens is 7. The highest BCUT2D eigenvalue weighted by molar-refractivity contribution is 14.1. The Kier molecular flexibility index (Phi) is 5.88. The molecule has 2 aromatic rings. The van der Waals surface area contributed by atoms with E-state index >= 15 is 0 Å². The summed E-state index contributed by atoms with van der Waals surface area (Å²) in [6, 6.07) is 7.84. The molecule has 0 spiro atoms. The number of amides is 1. The Bertz CT molecular complexity index is 912. The first-order valence-corrected chi connectivity index (χ1v) is 9.15. The number of rotatable bonds is 5. The van der Waals surface area contributed by atoms with Crippen LogP contribution in [0.25, 0.3) is 0 Å². The fraction of sp³-hybridized carbons (Fsp3) is 0.278. The Morgan fingerprint density at radius 2 is 1.66 bits per heavy atom. The fourth-order valence-electron chi connectivity index (χ4n) is 2.83. The third-order valence-corrected chi connectivity index (χ3v) is 4.79. The molecule has 0 saturated carbocycles. The molecule has 156 valence electrons. The number of benzene rings is 2. The van der Waals surface area contributed by atoms with Gasteiger partial charge in [0.15, 0.2) is 6.61 Å². The minimum Gasteiger partial charge on any atom is -0.484 e. The largest absolute Gasteiger partial charge is 0.573 e. The predicted molar refractivity (Wildman–Crippen MR) is 97.4 cm³/mol. The Hall–Kier alpha value is -2.18. The topological polar surface area (TPSA) is 38.8 Å². The first-order chi connectivity index (χ1) is 13.4. The van der Waals surface area contributed by atoms with Gasteiger partial charge in [0.2, 0.25) is 0 Å². The maximum atomic E-state index is 12.6. The van der Waals surface area contributed by atoms with E-state index in [1.165, 1.54) is 29.2 Å². The van der Waals surface area contributed by atoms with Gasteiger partial charge in [-0.25, -0.2) is 0 Å². The van der Waals surface area contributed by atoms with Crippen molar-refractivity contribution in [3.05, 3.63) is 56.7 Å². The summed E-state index contributed by atoms with van der Waals surface area (Å²) in [5.41, 5.74) is 1.47. The molecule has 1 aliphatic rings. The number of nitrogens with zero attached hydrogens (tertiary/aromatic N) is 1. The quantitative estimate of drug-likeness (QED) is 0.389. The molecule has 0 radical (unpaired) electrons. The minimum atomic E-state index is -4.79. The molecular weight excluding hydrogens is 519 g/mol. The Labute approximate surface area is 174 Å². The molecule has 0 atom stereocenters. The van der Waals surface area contributed by atoms with Crippen LogP contribution < -0.4 is 9.47 Å². The molecule has 0 aliphatic carbocycles. The maximum absolute atomic E-state index is 12.6. The Balaban J connectivity index is 1.71. The molecular formula is C18H12F6INO3. The van der Waals surface area contributed by atoms with Crippen molar-refractivity contribution in [1.29, 1.82) is 0 Å². The molecule has 2 aromatic carbocycles. The summed E-state index contributed by atoms with van der Waals surface area (Å²) in [6.07, 6.45) is -9.27. The van der Waals surface area contributed by atoms with Gasteiger partial charge in [0.1, 0.15) is 11.5 Å². The molecule has 29 heavy (non-hydrogen) atoms. The second kappa shape index (κ2) is 7.92. The molecule has 3 rings (SSSR count). The number of hydrogen-bond donors (Lipinski definition) is 0. The molecule has 0 fully saturated rings. The molecule has 0 N–H and O–H groups in total. The minimum absolute atomic E-state index is 0.00813. The van der Waals surface area contributed by atoms with E-state index in [4.69, 9.17) is 4.74 Å². The fourth-order valence-corrected chi connectivity index (χ4v) is 3.71. The van der Waals surface area contributed by atoms with Crippen LogP contribution in [0.4, 0.5) is 26.3 Å². The smallest absolute Gasteiger partial charge is 0.484 e. The van der Waals surface area contributed by atoms with E-state index in [2.05, 4.69) is 4.74 Å². The number of carbonyl (C=O) groups excluding carboxylic acids is 1. The van der Waals surface area contributed by atoms with Crippen LogP contribution in [0.1, 0.15) is 21.5 Å². The zero-order valence-electron chi connectivity index (χ0n) is 14.4. The molecule has 1 heterocycles. The van der Waals surface area contributed by atoms with Crippen LogP contribution in [0.15, 0.2) is 36.4 Å². The van der Waals surface area contributed by atoms with E-state index in [-0.39, 0.29) is 30.5 Å². The lowest BCUT2D eigenvalue weighted by Gasteiger charge is -2.16. The second-order valence-electron chi connectivity index (χ2n) is 6.20. The number of hydrogen-bond acceptors (Lipinski definition) is 3. The van der Waals surface area contributed by atoms with Crippen molar-refractivity contribution in [3.63, 3.8) is 0 Å². The molecule has 0 bridgehead atoms. The average Bonchev–Trinajstić information content (AvgIpc) is 2.89. The molecule has 1 amide bonds. The van der Waals surface area contributed by atoms with Gasteiger partial charge in [-0.1, -0.05) is 12.1 Å². The molecule has 0 unspecified atom stereocenters. The summed E-state index contributed by atoms with van der Waals surface area (Å²) >= 11 is 1.85. The Morgan fingerprint density at radius 3 is 2.24 bits per heavy atom. The lowest BCUT2D eigenvalue weighted by atomic mass is 10.1. The maximum Gasteiger partial charge on any atom is 0.573 e.